The van der Waals surface area contributed by atoms with Crippen LogP contribution in [0.25, 0.3) is 22.5 Å². The monoisotopic (exact) mass is 378 g/mol. The average Bonchev–Trinajstić information content (AvgIpc) is 3.42. The molecule has 0 atom stereocenters. The van der Waals surface area contributed by atoms with E-state index < -0.39 is 0 Å². The van der Waals surface area contributed by atoms with Gasteiger partial charge in [-0.1, -0.05) is 6.07 Å². The van der Waals surface area contributed by atoms with Crippen molar-refractivity contribution in [2.45, 2.75) is 38.6 Å². The molecule has 6 nitrogen and oxygen atoms in total. The Balaban J connectivity index is 1.90. The lowest BCUT2D eigenvalue weighted by atomic mass is 9.97. The highest BCUT2D eigenvalue weighted by molar-refractivity contribution is 5.97. The second kappa shape index (κ2) is 7.14. The van der Waals surface area contributed by atoms with Crippen molar-refractivity contribution in [2.75, 3.05) is 0 Å². The van der Waals surface area contributed by atoms with Crippen LogP contribution in [0.5, 0.6) is 0 Å². The van der Waals surface area contributed by atoms with Gasteiger partial charge in [-0.05, 0) is 62.1 Å². The molecule has 28 heavy (non-hydrogen) atoms. The minimum Gasteiger partial charge on any atom is -0.382 e. The summed E-state index contributed by atoms with van der Waals surface area (Å²) in [4.78, 5) is 9.19. The van der Waals surface area contributed by atoms with Crippen molar-refractivity contribution in [3.8, 4) is 22.5 Å². The molecule has 0 bridgehead atoms. The largest absolute Gasteiger partial charge is 0.382 e. The first kappa shape index (κ1) is 18.3. The molecule has 1 aromatic carbocycles. The maximum atomic E-state index is 14.0. The van der Waals surface area contributed by atoms with Gasteiger partial charge in [-0.25, -0.2) is 9.37 Å². The molecule has 7 heteroatoms. The van der Waals surface area contributed by atoms with Gasteiger partial charge in [0.1, 0.15) is 23.7 Å². The van der Waals surface area contributed by atoms with E-state index in [9.17, 15) is 4.39 Å². The predicted octanol–water partition coefficient (Wildman–Crippen LogP) is 3.67. The van der Waals surface area contributed by atoms with Crippen LogP contribution in [0.3, 0.4) is 0 Å². The number of aliphatic imine (C=N–C) groups is 1. The van der Waals surface area contributed by atoms with Crippen LogP contribution in [0, 0.1) is 5.82 Å². The summed E-state index contributed by atoms with van der Waals surface area (Å²) in [6, 6.07) is 8.77. The highest BCUT2D eigenvalue weighted by Crippen LogP contribution is 2.41. The van der Waals surface area contributed by atoms with Crippen molar-refractivity contribution in [3.05, 3.63) is 53.9 Å². The van der Waals surface area contributed by atoms with Crippen LogP contribution in [0.2, 0.25) is 0 Å². The quantitative estimate of drug-likeness (QED) is 0.542. The Kier molecular flexibility index (Phi) is 4.66. The molecule has 0 saturated heterocycles. The Morgan fingerprint density at radius 1 is 1.21 bits per heavy atom. The van der Waals surface area contributed by atoms with Crippen molar-refractivity contribution in [1.29, 1.82) is 0 Å². The summed E-state index contributed by atoms with van der Waals surface area (Å²) in [5, 5.41) is 8.10. The third-order valence-corrected chi connectivity index (χ3v) is 4.75. The van der Waals surface area contributed by atoms with Gasteiger partial charge in [0.05, 0.1) is 0 Å². The van der Waals surface area contributed by atoms with Gasteiger partial charge in [0.25, 0.3) is 0 Å². The fourth-order valence-electron chi connectivity index (χ4n) is 3.25. The molecule has 0 amide bonds. The minimum absolute atomic E-state index is 0.0786. The maximum absolute atomic E-state index is 14.0. The van der Waals surface area contributed by atoms with Crippen LogP contribution in [0.4, 0.5) is 4.39 Å². The topological polar surface area (TPSA) is 82.0 Å². The summed E-state index contributed by atoms with van der Waals surface area (Å²) in [5.74, 6) is 1.15. The predicted molar refractivity (Wildman–Crippen MR) is 107 cm³/mol. The molecule has 0 radical (unpaired) electrons. The van der Waals surface area contributed by atoms with Crippen LogP contribution >= 0.6 is 0 Å². The van der Waals surface area contributed by atoms with Gasteiger partial charge in [0.2, 0.25) is 0 Å². The third-order valence-electron chi connectivity index (χ3n) is 4.75. The number of rotatable bonds is 5. The number of pyridine rings is 1. The first-order valence-corrected chi connectivity index (χ1v) is 9.42. The third kappa shape index (κ3) is 3.65. The van der Waals surface area contributed by atoms with Crippen molar-refractivity contribution >= 4 is 5.84 Å². The molecular formula is C21H23FN6. The zero-order valence-electron chi connectivity index (χ0n) is 16.2. The van der Waals surface area contributed by atoms with Gasteiger partial charge in [-0.3, -0.25) is 4.99 Å². The molecule has 1 aliphatic carbocycles. The van der Waals surface area contributed by atoms with Crippen molar-refractivity contribution < 1.29 is 4.39 Å². The van der Waals surface area contributed by atoms with Gasteiger partial charge in [-0.15, -0.1) is 10.2 Å². The number of aryl methyl sites for hydroxylation is 1. The van der Waals surface area contributed by atoms with Gasteiger partial charge in [0.15, 0.2) is 5.82 Å². The van der Waals surface area contributed by atoms with E-state index in [0.717, 1.165) is 29.7 Å². The van der Waals surface area contributed by atoms with Crippen LogP contribution in [0.1, 0.15) is 44.0 Å². The van der Waals surface area contributed by atoms with Gasteiger partial charge < -0.3 is 10.3 Å². The van der Waals surface area contributed by atoms with E-state index >= 15 is 0 Å². The SMILES string of the molecule is CC(C)N=C(N)c1cc(-c2ccc(F)cc2-c2nncn2C)cc(C2CC2)n1. The number of aromatic nitrogens is 4. The molecule has 0 unspecified atom stereocenters. The first-order chi connectivity index (χ1) is 13.4. The van der Waals surface area contributed by atoms with Crippen LogP contribution in [-0.4, -0.2) is 31.6 Å². The lowest BCUT2D eigenvalue weighted by Gasteiger charge is -2.13. The van der Waals surface area contributed by atoms with Crippen molar-refractivity contribution in [2.24, 2.45) is 17.8 Å². The zero-order chi connectivity index (χ0) is 19.8. The molecule has 3 aromatic rings. The summed E-state index contributed by atoms with van der Waals surface area (Å²) < 4.78 is 15.8. The molecule has 1 saturated carbocycles. The molecule has 1 fully saturated rings. The first-order valence-electron chi connectivity index (χ1n) is 9.42. The Morgan fingerprint density at radius 3 is 2.64 bits per heavy atom. The highest BCUT2D eigenvalue weighted by atomic mass is 19.1. The van der Waals surface area contributed by atoms with Crippen LogP contribution in [-0.2, 0) is 7.05 Å². The van der Waals surface area contributed by atoms with E-state index in [1.54, 1.807) is 17.0 Å². The van der Waals surface area contributed by atoms with Gasteiger partial charge in [-0.2, -0.15) is 0 Å². The van der Waals surface area contributed by atoms with E-state index in [2.05, 4.69) is 21.3 Å². The molecule has 2 aromatic heterocycles. The number of nitrogens with two attached hydrogens (primary N) is 1. The second-order valence-corrected chi connectivity index (χ2v) is 7.50. The second-order valence-electron chi connectivity index (χ2n) is 7.50. The van der Waals surface area contributed by atoms with E-state index in [4.69, 9.17) is 10.7 Å². The van der Waals surface area contributed by atoms with E-state index in [1.165, 1.54) is 12.1 Å². The van der Waals surface area contributed by atoms with Crippen molar-refractivity contribution in [1.82, 2.24) is 19.7 Å². The summed E-state index contributed by atoms with van der Waals surface area (Å²) in [6.45, 7) is 3.95. The lowest BCUT2D eigenvalue weighted by Crippen LogP contribution is -2.18. The molecule has 144 valence electrons. The summed E-state index contributed by atoms with van der Waals surface area (Å²) >= 11 is 0. The number of hydrogen-bond donors (Lipinski definition) is 1. The summed E-state index contributed by atoms with van der Waals surface area (Å²) in [6.07, 6.45) is 3.85. The molecule has 4 rings (SSSR count). The number of benzene rings is 1. The molecular weight excluding hydrogens is 355 g/mol. The maximum Gasteiger partial charge on any atom is 0.164 e. The fraction of sp³-hybridized carbons (Fsp3) is 0.333. The normalized spacial score (nSPS) is 14.7. The molecule has 2 N–H and O–H groups in total. The van der Waals surface area contributed by atoms with Gasteiger partial charge >= 0.3 is 0 Å². The average molecular weight is 378 g/mol. The molecule has 0 spiro atoms. The Morgan fingerprint density at radius 2 is 2.00 bits per heavy atom. The van der Waals surface area contributed by atoms with Gasteiger partial charge in [0, 0.05) is 30.3 Å². The number of hydrogen-bond acceptors (Lipinski definition) is 4. The Labute approximate surface area is 163 Å². The van der Waals surface area contributed by atoms with E-state index in [1.807, 2.05) is 27.0 Å². The van der Waals surface area contributed by atoms with Crippen molar-refractivity contribution in [3.63, 3.8) is 0 Å². The summed E-state index contributed by atoms with van der Waals surface area (Å²) in [7, 11) is 1.84. The summed E-state index contributed by atoms with van der Waals surface area (Å²) in [5.41, 5.74) is 10.3. The molecule has 1 aliphatic rings. The van der Waals surface area contributed by atoms with E-state index in [-0.39, 0.29) is 11.9 Å². The zero-order valence-corrected chi connectivity index (χ0v) is 16.2. The number of nitrogens with zero attached hydrogens (tertiary/aromatic N) is 5. The van der Waals surface area contributed by atoms with Crippen LogP contribution in [0.15, 0.2) is 41.7 Å². The lowest BCUT2D eigenvalue weighted by molar-refractivity contribution is 0.628. The number of halogens is 1. The minimum atomic E-state index is -0.320. The van der Waals surface area contributed by atoms with E-state index in [0.29, 0.717) is 28.8 Å². The molecule has 2 heterocycles. The smallest absolute Gasteiger partial charge is 0.164 e. The Hall–Kier alpha value is -3.09. The van der Waals surface area contributed by atoms with Crippen LogP contribution < -0.4 is 5.73 Å². The molecule has 0 aliphatic heterocycles. The standard InChI is InChI=1S/C21H23FN6/c1-12(2)25-20(23)19-9-14(8-18(26-19)13-4-5-13)16-7-6-15(22)10-17(16)21-27-24-11-28(21)3/h6-13H,4-5H2,1-3H3,(H2,23,25). The number of amidine groups is 1. The Bertz CT molecular complexity index is 1050. The fourth-order valence-corrected chi connectivity index (χ4v) is 3.25. The highest BCUT2D eigenvalue weighted by Gasteiger charge is 2.27.